The van der Waals surface area contributed by atoms with Crippen LogP contribution in [0.4, 0.5) is 0 Å². The molecule has 1 aromatic rings. The van der Waals surface area contributed by atoms with E-state index in [-0.39, 0.29) is 11.9 Å². The van der Waals surface area contributed by atoms with Crippen LogP contribution in [0.25, 0.3) is 0 Å². The highest BCUT2D eigenvalue weighted by molar-refractivity contribution is 5.78. The van der Waals surface area contributed by atoms with Gasteiger partial charge in [0.25, 0.3) is 0 Å². The van der Waals surface area contributed by atoms with Crippen LogP contribution in [0.5, 0.6) is 5.75 Å². The summed E-state index contributed by atoms with van der Waals surface area (Å²) in [6.07, 6.45) is 0. The second kappa shape index (κ2) is 8.89. The molecule has 5 nitrogen and oxygen atoms in total. The second-order valence-corrected chi connectivity index (χ2v) is 6.50. The predicted molar refractivity (Wildman–Crippen MR) is 92.8 cm³/mol. The molecule has 0 spiro atoms. The van der Waals surface area contributed by atoms with Gasteiger partial charge in [-0.15, -0.1) is 0 Å². The molecule has 1 saturated heterocycles. The third kappa shape index (κ3) is 6.59. The van der Waals surface area contributed by atoms with Gasteiger partial charge in [0.2, 0.25) is 5.91 Å². The van der Waals surface area contributed by atoms with Gasteiger partial charge in [-0.2, -0.15) is 0 Å². The number of hydrogen-bond donors (Lipinski definition) is 1. The minimum absolute atomic E-state index is 0.121. The lowest BCUT2D eigenvalue weighted by atomic mass is 10.2. The number of hydrogen-bond acceptors (Lipinski definition) is 4. The van der Waals surface area contributed by atoms with Gasteiger partial charge in [-0.05, 0) is 32.9 Å². The number of carbonyl (C=O) groups is 1. The van der Waals surface area contributed by atoms with Crippen molar-refractivity contribution in [2.75, 3.05) is 45.9 Å². The molecule has 1 N–H and O–H groups in total. The average Bonchev–Trinajstić information content (AvgIpc) is 2.50. The summed E-state index contributed by atoms with van der Waals surface area (Å²) in [6.45, 7) is 12.1. The van der Waals surface area contributed by atoms with E-state index in [0.717, 1.165) is 38.5 Å². The first-order valence-electron chi connectivity index (χ1n) is 8.46. The fourth-order valence-electron chi connectivity index (χ4n) is 2.67. The normalized spacial score (nSPS) is 16.5. The van der Waals surface area contributed by atoms with Crippen molar-refractivity contribution in [2.45, 2.75) is 26.8 Å². The third-order valence-corrected chi connectivity index (χ3v) is 3.98. The first kappa shape index (κ1) is 17.8. The Morgan fingerprint density at radius 2 is 1.74 bits per heavy atom. The molecular weight excluding hydrogens is 290 g/mol. The number of nitrogens with one attached hydrogen (secondary N) is 1. The van der Waals surface area contributed by atoms with Crippen LogP contribution in [-0.4, -0.2) is 67.6 Å². The highest BCUT2D eigenvalue weighted by Gasteiger charge is 2.18. The van der Waals surface area contributed by atoms with E-state index in [9.17, 15) is 4.79 Å². The summed E-state index contributed by atoms with van der Waals surface area (Å²) in [5, 5.41) is 2.94. The topological polar surface area (TPSA) is 44.8 Å². The van der Waals surface area contributed by atoms with Gasteiger partial charge in [0.1, 0.15) is 12.4 Å². The summed E-state index contributed by atoms with van der Waals surface area (Å²) in [4.78, 5) is 16.4. The maximum absolute atomic E-state index is 11.8. The van der Waals surface area contributed by atoms with Gasteiger partial charge in [-0.25, -0.2) is 0 Å². The van der Waals surface area contributed by atoms with E-state index in [2.05, 4.69) is 34.2 Å². The van der Waals surface area contributed by atoms with Crippen LogP contribution in [0.2, 0.25) is 0 Å². The number of carbonyl (C=O) groups excluding carboxylic acids is 1. The van der Waals surface area contributed by atoms with E-state index >= 15 is 0 Å². The SMILES string of the molecule is Cc1ccc(OCCN2CCN(CC(=O)NC(C)C)CC2)cc1. The van der Waals surface area contributed by atoms with Gasteiger partial charge >= 0.3 is 0 Å². The van der Waals surface area contributed by atoms with Crippen LogP contribution in [0, 0.1) is 6.92 Å². The Morgan fingerprint density at radius 1 is 1.13 bits per heavy atom. The fourth-order valence-corrected chi connectivity index (χ4v) is 2.67. The van der Waals surface area contributed by atoms with Gasteiger partial charge in [0.05, 0.1) is 6.54 Å². The van der Waals surface area contributed by atoms with Crippen molar-refractivity contribution >= 4 is 5.91 Å². The standard InChI is InChI=1S/C18H29N3O2/c1-15(2)19-18(22)14-21-10-8-20(9-11-21)12-13-23-17-6-4-16(3)5-7-17/h4-7,15H,8-14H2,1-3H3,(H,19,22). The Morgan fingerprint density at radius 3 is 2.35 bits per heavy atom. The van der Waals surface area contributed by atoms with Crippen molar-refractivity contribution in [2.24, 2.45) is 0 Å². The largest absolute Gasteiger partial charge is 0.492 e. The number of rotatable bonds is 7. The predicted octanol–water partition coefficient (Wildman–Crippen LogP) is 1.52. The van der Waals surface area contributed by atoms with E-state index in [1.807, 2.05) is 26.0 Å². The highest BCUT2D eigenvalue weighted by Crippen LogP contribution is 2.11. The van der Waals surface area contributed by atoms with Crippen LogP contribution in [-0.2, 0) is 4.79 Å². The van der Waals surface area contributed by atoms with Crippen LogP contribution >= 0.6 is 0 Å². The van der Waals surface area contributed by atoms with Crippen LogP contribution in [0.1, 0.15) is 19.4 Å². The van der Waals surface area contributed by atoms with E-state index < -0.39 is 0 Å². The Hall–Kier alpha value is -1.59. The Bertz CT molecular complexity index is 480. The second-order valence-electron chi connectivity index (χ2n) is 6.50. The Kier molecular flexibility index (Phi) is 6.86. The molecule has 0 atom stereocenters. The molecule has 5 heteroatoms. The zero-order valence-electron chi connectivity index (χ0n) is 14.5. The lowest BCUT2D eigenvalue weighted by Crippen LogP contribution is -2.50. The van der Waals surface area contributed by atoms with Crippen molar-refractivity contribution in [1.29, 1.82) is 0 Å². The van der Waals surface area contributed by atoms with Crippen LogP contribution < -0.4 is 10.1 Å². The highest BCUT2D eigenvalue weighted by atomic mass is 16.5. The van der Waals surface area contributed by atoms with Gasteiger partial charge in [0, 0.05) is 38.8 Å². The Balaban J connectivity index is 1.61. The van der Waals surface area contributed by atoms with Gasteiger partial charge in [-0.1, -0.05) is 17.7 Å². The molecule has 1 amide bonds. The van der Waals surface area contributed by atoms with E-state index in [1.165, 1.54) is 5.56 Å². The van der Waals surface area contributed by atoms with Crippen molar-refractivity contribution < 1.29 is 9.53 Å². The monoisotopic (exact) mass is 319 g/mol. The number of nitrogens with zero attached hydrogens (tertiary/aromatic N) is 2. The molecule has 1 aliphatic heterocycles. The molecular formula is C18H29N3O2. The summed E-state index contributed by atoms with van der Waals surface area (Å²) in [6, 6.07) is 8.37. The molecule has 128 valence electrons. The molecule has 1 aliphatic rings. The number of amides is 1. The van der Waals surface area contributed by atoms with Crippen molar-refractivity contribution in [3.8, 4) is 5.75 Å². The van der Waals surface area contributed by atoms with E-state index in [1.54, 1.807) is 0 Å². The zero-order chi connectivity index (χ0) is 16.7. The van der Waals surface area contributed by atoms with Gasteiger partial charge in [-0.3, -0.25) is 14.6 Å². The minimum Gasteiger partial charge on any atom is -0.492 e. The fraction of sp³-hybridized carbons (Fsp3) is 0.611. The van der Waals surface area contributed by atoms with Crippen molar-refractivity contribution in [3.63, 3.8) is 0 Å². The number of benzene rings is 1. The summed E-state index contributed by atoms with van der Waals surface area (Å²) in [5.74, 6) is 1.05. The van der Waals surface area contributed by atoms with E-state index in [4.69, 9.17) is 4.74 Å². The summed E-state index contributed by atoms with van der Waals surface area (Å²) in [5.41, 5.74) is 1.25. The Labute approximate surface area is 139 Å². The summed E-state index contributed by atoms with van der Waals surface area (Å²) >= 11 is 0. The molecule has 0 radical (unpaired) electrons. The van der Waals surface area contributed by atoms with Gasteiger partial charge < -0.3 is 10.1 Å². The average molecular weight is 319 g/mol. The molecule has 2 rings (SSSR count). The van der Waals surface area contributed by atoms with Crippen molar-refractivity contribution in [1.82, 2.24) is 15.1 Å². The molecule has 0 unspecified atom stereocenters. The molecule has 0 bridgehead atoms. The maximum atomic E-state index is 11.8. The molecule has 1 aromatic carbocycles. The zero-order valence-corrected chi connectivity index (χ0v) is 14.5. The first-order chi connectivity index (χ1) is 11.0. The smallest absolute Gasteiger partial charge is 0.234 e. The molecule has 0 saturated carbocycles. The molecule has 1 fully saturated rings. The molecule has 23 heavy (non-hydrogen) atoms. The molecule has 0 aliphatic carbocycles. The third-order valence-electron chi connectivity index (χ3n) is 3.98. The first-order valence-corrected chi connectivity index (χ1v) is 8.46. The molecule has 1 heterocycles. The number of piperazine rings is 1. The van der Waals surface area contributed by atoms with Gasteiger partial charge in [0.15, 0.2) is 0 Å². The number of ether oxygens (including phenoxy) is 1. The minimum atomic E-state index is 0.121. The molecule has 0 aromatic heterocycles. The van der Waals surface area contributed by atoms with Crippen LogP contribution in [0.15, 0.2) is 24.3 Å². The number of aryl methyl sites for hydroxylation is 1. The van der Waals surface area contributed by atoms with Crippen LogP contribution in [0.3, 0.4) is 0 Å². The lowest BCUT2D eigenvalue weighted by molar-refractivity contribution is -0.123. The van der Waals surface area contributed by atoms with E-state index in [0.29, 0.717) is 13.2 Å². The maximum Gasteiger partial charge on any atom is 0.234 e. The quantitative estimate of drug-likeness (QED) is 0.827. The summed E-state index contributed by atoms with van der Waals surface area (Å²) < 4.78 is 5.78. The van der Waals surface area contributed by atoms with Crippen molar-refractivity contribution in [3.05, 3.63) is 29.8 Å². The lowest BCUT2D eigenvalue weighted by Gasteiger charge is -2.34. The summed E-state index contributed by atoms with van der Waals surface area (Å²) in [7, 11) is 0.